The van der Waals surface area contributed by atoms with Gasteiger partial charge in [0.15, 0.2) is 0 Å². The summed E-state index contributed by atoms with van der Waals surface area (Å²) in [6.45, 7) is 3.44. The molecule has 3 rings (SSSR count). The molecule has 0 aromatic heterocycles. The number of hydrogen-bond donors (Lipinski definition) is 2. The van der Waals surface area contributed by atoms with Crippen LogP contribution in [-0.4, -0.2) is 19.1 Å². The van der Waals surface area contributed by atoms with Gasteiger partial charge in [-0.25, -0.2) is 0 Å². The minimum Gasteiger partial charge on any atom is -0.398 e. The molecule has 3 N–H and O–H groups in total. The molecule has 1 saturated heterocycles. The third kappa shape index (κ3) is 4.74. The summed E-state index contributed by atoms with van der Waals surface area (Å²) in [5, 5.41) is 3.02. The molecule has 0 aliphatic carbocycles. The topological polar surface area (TPSA) is 64.3 Å². The SMILES string of the molecule is Cc1ccc(C2OCCCC2CNC(=O)c2ccccc2N)cc1.Cl. The average Bonchev–Trinajstić information content (AvgIpc) is 2.61. The van der Waals surface area contributed by atoms with Crippen molar-refractivity contribution in [2.75, 3.05) is 18.9 Å². The Morgan fingerprint density at radius 1 is 1.20 bits per heavy atom. The maximum atomic E-state index is 12.4. The summed E-state index contributed by atoms with van der Waals surface area (Å²) in [5.41, 5.74) is 9.33. The van der Waals surface area contributed by atoms with Gasteiger partial charge in [0, 0.05) is 24.8 Å². The summed E-state index contributed by atoms with van der Waals surface area (Å²) in [5.74, 6) is 0.150. The van der Waals surface area contributed by atoms with Crippen LogP contribution in [0.15, 0.2) is 48.5 Å². The van der Waals surface area contributed by atoms with Crippen LogP contribution in [0, 0.1) is 12.8 Å². The van der Waals surface area contributed by atoms with Gasteiger partial charge in [0.2, 0.25) is 0 Å². The first kappa shape index (κ1) is 19.3. The molecule has 0 saturated carbocycles. The predicted octanol–water partition coefficient (Wildman–Crippen LogP) is 3.90. The molecule has 2 aromatic rings. The van der Waals surface area contributed by atoms with E-state index in [1.807, 2.05) is 12.1 Å². The number of hydrogen-bond acceptors (Lipinski definition) is 3. The Kier molecular flexibility index (Phi) is 6.85. The number of aryl methyl sites for hydroxylation is 1. The third-order valence-corrected chi connectivity index (χ3v) is 4.58. The molecule has 0 radical (unpaired) electrons. The van der Waals surface area contributed by atoms with Crippen LogP contribution >= 0.6 is 12.4 Å². The van der Waals surface area contributed by atoms with Crippen molar-refractivity contribution in [1.82, 2.24) is 5.32 Å². The molecule has 1 heterocycles. The molecule has 134 valence electrons. The van der Waals surface area contributed by atoms with Gasteiger partial charge < -0.3 is 15.8 Å². The van der Waals surface area contributed by atoms with Crippen LogP contribution in [-0.2, 0) is 4.74 Å². The molecule has 2 atom stereocenters. The number of nitrogens with one attached hydrogen (secondary N) is 1. The molecule has 4 nitrogen and oxygen atoms in total. The van der Waals surface area contributed by atoms with Gasteiger partial charge in [-0.15, -0.1) is 12.4 Å². The number of anilines is 1. The molecule has 1 aliphatic rings. The van der Waals surface area contributed by atoms with Crippen LogP contribution in [0.1, 0.15) is 40.4 Å². The van der Waals surface area contributed by atoms with Crippen molar-refractivity contribution in [2.24, 2.45) is 5.92 Å². The largest absolute Gasteiger partial charge is 0.398 e. The van der Waals surface area contributed by atoms with Crippen molar-refractivity contribution in [2.45, 2.75) is 25.9 Å². The van der Waals surface area contributed by atoms with Crippen molar-refractivity contribution in [3.8, 4) is 0 Å². The summed E-state index contributed by atoms with van der Waals surface area (Å²) >= 11 is 0. The van der Waals surface area contributed by atoms with E-state index in [0.29, 0.717) is 17.8 Å². The maximum Gasteiger partial charge on any atom is 0.253 e. The van der Waals surface area contributed by atoms with Crippen LogP contribution in [0.5, 0.6) is 0 Å². The van der Waals surface area contributed by atoms with Gasteiger partial charge in [-0.2, -0.15) is 0 Å². The number of halogens is 1. The number of ether oxygens (including phenoxy) is 1. The summed E-state index contributed by atoms with van der Waals surface area (Å²) in [6.07, 6.45) is 2.10. The highest BCUT2D eigenvalue weighted by Gasteiger charge is 2.28. The molecule has 1 fully saturated rings. The average molecular weight is 361 g/mol. The first-order valence-corrected chi connectivity index (χ1v) is 8.46. The summed E-state index contributed by atoms with van der Waals surface area (Å²) in [4.78, 5) is 12.4. The molecule has 2 aromatic carbocycles. The molecule has 0 bridgehead atoms. The Bertz CT molecular complexity index is 703. The Morgan fingerprint density at radius 2 is 1.92 bits per heavy atom. The van der Waals surface area contributed by atoms with E-state index in [-0.39, 0.29) is 30.3 Å². The summed E-state index contributed by atoms with van der Waals surface area (Å²) in [7, 11) is 0. The van der Waals surface area contributed by atoms with Crippen LogP contribution in [0.2, 0.25) is 0 Å². The minimum absolute atomic E-state index is 0. The lowest BCUT2D eigenvalue weighted by Gasteiger charge is -2.32. The van der Waals surface area contributed by atoms with Crippen molar-refractivity contribution < 1.29 is 9.53 Å². The molecule has 2 unspecified atom stereocenters. The van der Waals surface area contributed by atoms with Crippen molar-refractivity contribution in [1.29, 1.82) is 0 Å². The van der Waals surface area contributed by atoms with Crippen molar-refractivity contribution in [3.05, 3.63) is 65.2 Å². The zero-order valence-electron chi connectivity index (χ0n) is 14.4. The lowest BCUT2D eigenvalue weighted by Crippen LogP contribution is -2.35. The molecule has 1 amide bonds. The maximum absolute atomic E-state index is 12.4. The van der Waals surface area contributed by atoms with Gasteiger partial charge in [-0.1, -0.05) is 42.0 Å². The van der Waals surface area contributed by atoms with E-state index in [2.05, 4.69) is 36.5 Å². The number of carbonyl (C=O) groups excluding carboxylic acids is 1. The Morgan fingerprint density at radius 3 is 2.64 bits per heavy atom. The second kappa shape index (κ2) is 8.88. The quantitative estimate of drug-likeness (QED) is 0.813. The smallest absolute Gasteiger partial charge is 0.253 e. The second-order valence-corrected chi connectivity index (χ2v) is 6.40. The fraction of sp³-hybridized carbons (Fsp3) is 0.350. The van der Waals surface area contributed by atoms with Gasteiger partial charge in [0.05, 0.1) is 11.7 Å². The number of amides is 1. The Balaban J connectivity index is 0.00000225. The summed E-state index contributed by atoms with van der Waals surface area (Å²) in [6, 6.07) is 15.6. The number of rotatable bonds is 4. The van der Waals surface area contributed by atoms with Crippen LogP contribution < -0.4 is 11.1 Å². The van der Waals surface area contributed by atoms with Crippen LogP contribution in [0.25, 0.3) is 0 Å². The Labute approximate surface area is 155 Å². The van der Waals surface area contributed by atoms with E-state index in [0.717, 1.165) is 19.4 Å². The van der Waals surface area contributed by atoms with E-state index >= 15 is 0 Å². The second-order valence-electron chi connectivity index (χ2n) is 6.40. The van der Waals surface area contributed by atoms with E-state index in [1.165, 1.54) is 11.1 Å². The minimum atomic E-state index is -0.124. The number of para-hydroxylation sites is 1. The zero-order valence-corrected chi connectivity index (χ0v) is 15.2. The first-order valence-electron chi connectivity index (χ1n) is 8.46. The van der Waals surface area contributed by atoms with E-state index in [4.69, 9.17) is 10.5 Å². The van der Waals surface area contributed by atoms with E-state index < -0.39 is 0 Å². The number of carbonyl (C=O) groups is 1. The van der Waals surface area contributed by atoms with E-state index in [9.17, 15) is 4.79 Å². The predicted molar refractivity (Wildman–Crippen MR) is 103 cm³/mol. The summed E-state index contributed by atoms with van der Waals surface area (Å²) < 4.78 is 6.00. The van der Waals surface area contributed by atoms with Gasteiger partial charge in [0.25, 0.3) is 5.91 Å². The van der Waals surface area contributed by atoms with Gasteiger partial charge >= 0.3 is 0 Å². The fourth-order valence-corrected chi connectivity index (χ4v) is 3.20. The van der Waals surface area contributed by atoms with Crippen molar-refractivity contribution in [3.63, 3.8) is 0 Å². The Hall–Kier alpha value is -2.04. The van der Waals surface area contributed by atoms with Crippen LogP contribution in [0.4, 0.5) is 5.69 Å². The first-order chi connectivity index (χ1) is 11.6. The molecule has 5 heteroatoms. The van der Waals surface area contributed by atoms with Crippen molar-refractivity contribution >= 4 is 24.0 Å². The highest BCUT2D eigenvalue weighted by Crippen LogP contribution is 2.33. The third-order valence-electron chi connectivity index (χ3n) is 4.58. The molecule has 1 aliphatic heterocycles. The number of nitrogens with two attached hydrogens (primary N) is 1. The standard InChI is InChI=1S/C20H24N2O2.ClH/c1-14-8-10-15(11-9-14)19-16(5-4-12-24-19)13-22-20(23)17-6-2-3-7-18(17)21;/h2-3,6-11,16,19H,4-5,12-13,21H2,1H3,(H,22,23);1H. The monoisotopic (exact) mass is 360 g/mol. The number of benzene rings is 2. The normalized spacial score (nSPS) is 19.7. The highest BCUT2D eigenvalue weighted by molar-refractivity contribution is 5.99. The lowest BCUT2D eigenvalue weighted by molar-refractivity contribution is -0.0272. The lowest BCUT2D eigenvalue weighted by atomic mass is 9.89. The fourth-order valence-electron chi connectivity index (χ4n) is 3.20. The zero-order chi connectivity index (χ0) is 16.9. The molecule has 25 heavy (non-hydrogen) atoms. The molecule has 0 spiro atoms. The highest BCUT2D eigenvalue weighted by atomic mass is 35.5. The molecular weight excluding hydrogens is 336 g/mol. The van der Waals surface area contributed by atoms with Gasteiger partial charge in [-0.3, -0.25) is 4.79 Å². The number of nitrogen functional groups attached to an aromatic ring is 1. The van der Waals surface area contributed by atoms with Gasteiger partial charge in [0.1, 0.15) is 0 Å². The van der Waals surface area contributed by atoms with Crippen LogP contribution in [0.3, 0.4) is 0 Å². The van der Waals surface area contributed by atoms with Gasteiger partial charge in [-0.05, 0) is 37.5 Å². The molecular formula is C20H25ClN2O2. The van der Waals surface area contributed by atoms with E-state index in [1.54, 1.807) is 12.1 Å².